The second kappa shape index (κ2) is 6.62. The molecule has 1 aliphatic heterocycles. The summed E-state index contributed by atoms with van der Waals surface area (Å²) in [4.78, 5) is 18.6. The van der Waals surface area contributed by atoms with Crippen LogP contribution in [0.25, 0.3) is 0 Å². The number of hydrogen-bond donors (Lipinski definition) is 0. The molecule has 1 atom stereocenters. The molecule has 4 nitrogen and oxygen atoms in total. The fourth-order valence-electron chi connectivity index (χ4n) is 6.71. The Labute approximate surface area is 170 Å². The summed E-state index contributed by atoms with van der Waals surface area (Å²) in [6, 6.07) is 4.76. The Hall–Kier alpha value is -0.810. The quantitative estimate of drug-likeness (QED) is 0.659. The lowest BCUT2D eigenvalue weighted by atomic mass is 9.47. The molecule has 146 valence electrons. The van der Waals surface area contributed by atoms with Gasteiger partial charge in [0, 0.05) is 23.5 Å². The van der Waals surface area contributed by atoms with Crippen molar-refractivity contribution in [2.75, 3.05) is 13.7 Å². The van der Waals surface area contributed by atoms with Gasteiger partial charge in [-0.05, 0) is 74.0 Å². The van der Waals surface area contributed by atoms with E-state index in [2.05, 4.69) is 12.1 Å². The van der Waals surface area contributed by atoms with Crippen LogP contribution in [-0.2, 0) is 9.57 Å². The lowest BCUT2D eigenvalue weighted by Gasteiger charge is -2.61. The maximum Gasteiger partial charge on any atom is 0.338 e. The van der Waals surface area contributed by atoms with Gasteiger partial charge in [-0.25, -0.2) is 4.79 Å². The third-order valence-electron chi connectivity index (χ3n) is 7.50. The van der Waals surface area contributed by atoms with E-state index in [1.165, 1.54) is 32.1 Å². The summed E-state index contributed by atoms with van der Waals surface area (Å²) in [6.45, 7) is 0.265. The molecule has 1 heterocycles. The average Bonchev–Trinajstić information content (AvgIpc) is 2.93. The smallest absolute Gasteiger partial charge is 0.338 e. The lowest BCUT2D eigenvalue weighted by molar-refractivity contribution is -0.230. The first-order chi connectivity index (χ1) is 12.9. The summed E-state index contributed by atoms with van der Waals surface area (Å²) in [6.07, 6.45) is 7.69. The second-order valence-electron chi connectivity index (χ2n) is 8.98. The third kappa shape index (κ3) is 3.00. The lowest BCUT2D eigenvalue weighted by Crippen LogP contribution is -2.62. The predicted molar refractivity (Wildman–Crippen MR) is 104 cm³/mol. The molecule has 0 amide bonds. The zero-order valence-electron chi connectivity index (χ0n) is 15.5. The molecule has 4 bridgehead atoms. The Morgan fingerprint density at radius 1 is 1.11 bits per heavy atom. The molecule has 0 aromatic heterocycles. The highest BCUT2D eigenvalue weighted by atomic mass is 35.5. The number of hydrogen-bond acceptors (Lipinski definition) is 4. The van der Waals surface area contributed by atoms with Crippen LogP contribution in [0, 0.1) is 23.7 Å². The van der Waals surface area contributed by atoms with Crippen molar-refractivity contribution in [1.82, 2.24) is 5.06 Å². The highest BCUT2D eigenvalue weighted by Gasteiger charge is 2.62. The zero-order valence-corrected chi connectivity index (χ0v) is 17.0. The van der Waals surface area contributed by atoms with Crippen LogP contribution in [0.5, 0.6) is 0 Å². The molecule has 1 aromatic rings. The van der Waals surface area contributed by atoms with Gasteiger partial charge in [-0.15, -0.1) is 0 Å². The Morgan fingerprint density at radius 3 is 2.30 bits per heavy atom. The van der Waals surface area contributed by atoms with Crippen LogP contribution in [0.4, 0.5) is 0 Å². The zero-order chi connectivity index (χ0) is 18.8. The highest BCUT2D eigenvalue weighted by Crippen LogP contribution is 2.62. The molecule has 6 rings (SSSR count). The van der Waals surface area contributed by atoms with Gasteiger partial charge in [0.25, 0.3) is 0 Å². The second-order valence-corrected chi connectivity index (χ2v) is 9.85. The Morgan fingerprint density at radius 2 is 1.70 bits per heavy atom. The molecular weight excluding hydrogens is 385 g/mol. The molecule has 0 unspecified atom stereocenters. The SMILES string of the molecule is CN1O[C@H](COC(=O)c2cc(Cl)cc(Cl)c2)CC12C1CC3CC(C1)CC2C3. The third-order valence-corrected chi connectivity index (χ3v) is 7.94. The summed E-state index contributed by atoms with van der Waals surface area (Å²) in [7, 11) is 2.08. The average molecular weight is 410 g/mol. The number of nitrogens with zero attached hydrogens (tertiary/aromatic N) is 1. The van der Waals surface area contributed by atoms with Crippen LogP contribution in [0.3, 0.4) is 0 Å². The summed E-state index contributed by atoms with van der Waals surface area (Å²) >= 11 is 12.0. The topological polar surface area (TPSA) is 38.8 Å². The fraction of sp³-hybridized carbons (Fsp3) is 0.667. The Kier molecular flexibility index (Phi) is 4.47. The molecule has 1 spiro atoms. The summed E-state index contributed by atoms with van der Waals surface area (Å²) < 4.78 is 5.55. The maximum absolute atomic E-state index is 12.4. The Bertz CT molecular complexity index is 720. The summed E-state index contributed by atoms with van der Waals surface area (Å²) in [5.41, 5.74) is 0.521. The molecule has 0 N–H and O–H groups in total. The van der Waals surface area contributed by atoms with Gasteiger partial charge in [-0.3, -0.25) is 4.84 Å². The predicted octanol–water partition coefficient (Wildman–Crippen LogP) is 4.98. The maximum atomic E-state index is 12.4. The number of ether oxygens (including phenoxy) is 1. The van der Waals surface area contributed by atoms with Gasteiger partial charge in [0.05, 0.1) is 11.1 Å². The number of benzene rings is 1. The molecule has 1 aromatic carbocycles. The van der Waals surface area contributed by atoms with Gasteiger partial charge in [-0.2, -0.15) is 5.06 Å². The van der Waals surface area contributed by atoms with Crippen molar-refractivity contribution in [3.05, 3.63) is 33.8 Å². The highest BCUT2D eigenvalue weighted by molar-refractivity contribution is 6.35. The van der Waals surface area contributed by atoms with E-state index in [1.807, 2.05) is 0 Å². The molecule has 5 fully saturated rings. The standard InChI is InChI=1S/C21H25Cl2NO3/c1-24-21(15-3-12-2-13(5-15)6-16(21)4-12)10-19(27-24)11-26-20(25)14-7-17(22)9-18(23)8-14/h7-9,12-13,15-16,19H,2-6,10-11H2,1H3/t12?,13?,15?,16?,19-,21?/m0/s1. The van der Waals surface area contributed by atoms with Crippen molar-refractivity contribution in [2.24, 2.45) is 23.7 Å². The first-order valence-electron chi connectivity index (χ1n) is 9.98. The Balaban J connectivity index is 1.26. The molecule has 4 saturated carbocycles. The number of halogens is 2. The molecule has 27 heavy (non-hydrogen) atoms. The van der Waals surface area contributed by atoms with E-state index in [-0.39, 0.29) is 18.2 Å². The van der Waals surface area contributed by atoms with E-state index in [1.54, 1.807) is 18.2 Å². The largest absolute Gasteiger partial charge is 0.459 e. The van der Waals surface area contributed by atoms with Gasteiger partial charge >= 0.3 is 5.97 Å². The van der Waals surface area contributed by atoms with E-state index in [0.717, 1.165) is 30.1 Å². The molecule has 6 heteroatoms. The van der Waals surface area contributed by atoms with Gasteiger partial charge < -0.3 is 4.74 Å². The normalized spacial score (nSPS) is 40.0. The van der Waals surface area contributed by atoms with Crippen LogP contribution in [-0.4, -0.2) is 36.3 Å². The number of carbonyl (C=O) groups is 1. The van der Waals surface area contributed by atoms with Crippen LogP contribution in [0.15, 0.2) is 18.2 Å². The van der Waals surface area contributed by atoms with Crippen LogP contribution >= 0.6 is 23.2 Å². The number of esters is 1. The van der Waals surface area contributed by atoms with Gasteiger partial charge in [0.2, 0.25) is 0 Å². The summed E-state index contributed by atoms with van der Waals surface area (Å²) in [5, 5.41) is 2.99. The van der Waals surface area contributed by atoms with E-state index in [9.17, 15) is 4.79 Å². The van der Waals surface area contributed by atoms with E-state index in [0.29, 0.717) is 15.6 Å². The van der Waals surface area contributed by atoms with Crippen LogP contribution in [0.1, 0.15) is 48.9 Å². The number of rotatable bonds is 3. The summed E-state index contributed by atoms with van der Waals surface area (Å²) in [5.74, 6) is 2.90. The van der Waals surface area contributed by atoms with E-state index >= 15 is 0 Å². The minimum absolute atomic E-state index is 0.0777. The van der Waals surface area contributed by atoms with Gasteiger partial charge in [0.15, 0.2) is 0 Å². The molecule has 4 aliphatic carbocycles. The minimum atomic E-state index is -0.406. The van der Waals surface area contributed by atoms with Crippen molar-refractivity contribution in [2.45, 2.75) is 50.2 Å². The minimum Gasteiger partial charge on any atom is -0.459 e. The molecule has 5 aliphatic rings. The fourth-order valence-corrected chi connectivity index (χ4v) is 7.24. The van der Waals surface area contributed by atoms with E-state index in [4.69, 9.17) is 32.8 Å². The van der Waals surface area contributed by atoms with Crippen LogP contribution in [0.2, 0.25) is 10.0 Å². The van der Waals surface area contributed by atoms with E-state index < -0.39 is 5.97 Å². The van der Waals surface area contributed by atoms with Gasteiger partial charge in [-0.1, -0.05) is 23.2 Å². The molecule has 1 saturated heterocycles. The molecule has 0 radical (unpaired) electrons. The van der Waals surface area contributed by atoms with Crippen LogP contribution < -0.4 is 0 Å². The monoisotopic (exact) mass is 409 g/mol. The van der Waals surface area contributed by atoms with Gasteiger partial charge in [0.1, 0.15) is 12.7 Å². The van der Waals surface area contributed by atoms with Crippen molar-refractivity contribution in [1.29, 1.82) is 0 Å². The number of hydroxylamine groups is 2. The first-order valence-corrected chi connectivity index (χ1v) is 10.7. The number of carbonyl (C=O) groups excluding carboxylic acids is 1. The van der Waals surface area contributed by atoms with Crippen molar-refractivity contribution >= 4 is 29.2 Å². The van der Waals surface area contributed by atoms with Crippen molar-refractivity contribution in [3.63, 3.8) is 0 Å². The van der Waals surface area contributed by atoms with Crippen molar-refractivity contribution < 1.29 is 14.4 Å². The van der Waals surface area contributed by atoms with Crippen molar-refractivity contribution in [3.8, 4) is 0 Å². The molecular formula is C21H25Cl2NO3. The first kappa shape index (κ1) is 18.2.